The predicted molar refractivity (Wildman–Crippen MR) is 115 cm³/mol. The van der Waals surface area contributed by atoms with Crippen molar-refractivity contribution in [1.82, 2.24) is 14.2 Å². The highest BCUT2D eigenvalue weighted by Gasteiger charge is 2.30. The van der Waals surface area contributed by atoms with Crippen LogP contribution in [0, 0.1) is 0 Å². The van der Waals surface area contributed by atoms with E-state index in [0.29, 0.717) is 37.6 Å². The van der Waals surface area contributed by atoms with Crippen LogP contribution in [0.25, 0.3) is 0 Å². The molecule has 1 aromatic heterocycles. The molecule has 162 valence electrons. The number of benzene rings is 1. The van der Waals surface area contributed by atoms with E-state index in [2.05, 4.69) is 9.88 Å². The Morgan fingerprint density at radius 2 is 1.80 bits per heavy atom. The fourth-order valence-electron chi connectivity index (χ4n) is 3.58. The summed E-state index contributed by atoms with van der Waals surface area (Å²) in [5.74, 6) is 0.256. The third kappa shape index (κ3) is 4.70. The van der Waals surface area contributed by atoms with Crippen LogP contribution in [0.5, 0.6) is 0 Å². The summed E-state index contributed by atoms with van der Waals surface area (Å²) in [7, 11) is -2.00. The molecule has 0 bridgehead atoms. The normalized spacial score (nSPS) is 16.9. The first kappa shape index (κ1) is 22.4. The number of amides is 1. The molecule has 1 fully saturated rings. The molecule has 1 aromatic carbocycles. The number of aliphatic hydroxyl groups is 1. The molecule has 9 heteroatoms. The molecular weight excluding hydrogens is 404 g/mol. The Bertz CT molecular complexity index is 939. The van der Waals surface area contributed by atoms with Crippen LogP contribution in [-0.4, -0.2) is 79.5 Å². The lowest BCUT2D eigenvalue weighted by atomic mass is 10.2. The van der Waals surface area contributed by atoms with Gasteiger partial charge in [0.1, 0.15) is 5.82 Å². The van der Waals surface area contributed by atoms with Crippen LogP contribution in [0.4, 0.5) is 5.82 Å². The molecule has 0 spiro atoms. The van der Waals surface area contributed by atoms with Gasteiger partial charge in [0.15, 0.2) is 0 Å². The Hall–Kier alpha value is -2.33. The first-order valence-corrected chi connectivity index (χ1v) is 11.5. The molecular formula is C21H28N4O4S. The van der Waals surface area contributed by atoms with Crippen molar-refractivity contribution in [3.63, 3.8) is 0 Å². The van der Waals surface area contributed by atoms with Crippen molar-refractivity contribution in [2.24, 2.45) is 0 Å². The maximum absolute atomic E-state index is 13.0. The van der Waals surface area contributed by atoms with Crippen molar-refractivity contribution in [3.05, 3.63) is 54.2 Å². The highest BCUT2D eigenvalue weighted by molar-refractivity contribution is 7.89. The van der Waals surface area contributed by atoms with E-state index in [4.69, 9.17) is 0 Å². The first-order chi connectivity index (χ1) is 14.4. The summed E-state index contributed by atoms with van der Waals surface area (Å²) >= 11 is 0. The number of rotatable bonds is 7. The predicted octanol–water partition coefficient (Wildman–Crippen LogP) is 1.44. The number of aromatic nitrogens is 1. The highest BCUT2D eigenvalue weighted by atomic mass is 32.2. The quantitative estimate of drug-likeness (QED) is 0.712. The molecule has 1 atom stereocenters. The highest BCUT2D eigenvalue weighted by Crippen LogP contribution is 2.20. The molecule has 1 saturated heterocycles. The van der Waals surface area contributed by atoms with E-state index in [-0.39, 0.29) is 23.5 Å². The second-order valence-corrected chi connectivity index (χ2v) is 9.20. The summed E-state index contributed by atoms with van der Waals surface area (Å²) in [5, 5.41) is 9.46. The van der Waals surface area contributed by atoms with Crippen LogP contribution in [0.1, 0.15) is 23.7 Å². The maximum atomic E-state index is 13.0. The number of hydrogen-bond donors (Lipinski definition) is 1. The molecule has 1 aliphatic rings. The third-order valence-electron chi connectivity index (χ3n) is 5.51. The molecule has 3 rings (SSSR count). The van der Waals surface area contributed by atoms with Gasteiger partial charge in [-0.3, -0.25) is 14.6 Å². The zero-order chi connectivity index (χ0) is 21.7. The van der Waals surface area contributed by atoms with Gasteiger partial charge in [-0.05, 0) is 42.8 Å². The van der Waals surface area contributed by atoms with E-state index in [9.17, 15) is 18.3 Å². The Morgan fingerprint density at radius 1 is 1.13 bits per heavy atom. The number of sulfonamides is 1. The molecule has 0 radical (unpaired) electrons. The largest absolute Gasteiger partial charge is 0.395 e. The van der Waals surface area contributed by atoms with Gasteiger partial charge in [-0.2, -0.15) is 4.31 Å². The lowest BCUT2D eigenvalue weighted by Crippen LogP contribution is -2.52. The minimum atomic E-state index is -3.63. The van der Waals surface area contributed by atoms with Crippen molar-refractivity contribution < 1.29 is 18.3 Å². The molecule has 1 N–H and O–H groups in total. The zero-order valence-corrected chi connectivity index (χ0v) is 18.1. The molecule has 8 nitrogen and oxygen atoms in total. The van der Waals surface area contributed by atoms with Crippen LogP contribution in [0.2, 0.25) is 0 Å². The molecule has 2 heterocycles. The lowest BCUT2D eigenvalue weighted by molar-refractivity contribution is 0.0881. The number of anilines is 1. The molecule has 1 amide bonds. The Morgan fingerprint density at radius 3 is 2.33 bits per heavy atom. The van der Waals surface area contributed by atoms with Crippen LogP contribution in [0.15, 0.2) is 53.6 Å². The second-order valence-electron chi connectivity index (χ2n) is 7.26. The summed E-state index contributed by atoms with van der Waals surface area (Å²) in [6, 6.07) is 11.4. The monoisotopic (exact) mass is 432 g/mol. The van der Waals surface area contributed by atoms with E-state index in [1.807, 2.05) is 6.92 Å². The van der Waals surface area contributed by atoms with Crippen molar-refractivity contribution in [2.45, 2.75) is 24.3 Å². The van der Waals surface area contributed by atoms with Gasteiger partial charge in [0.25, 0.3) is 5.91 Å². The van der Waals surface area contributed by atoms with Crippen LogP contribution >= 0.6 is 0 Å². The molecule has 2 aromatic rings. The number of carbonyl (C=O) groups excluding carboxylic acids is 1. The standard InChI is InChI=1S/C21H28N4O4S/c1-3-18(16-26)24-12-14-25(15-13-24)30(28,29)19-9-7-17(8-10-19)21(27)23(2)20-6-4-5-11-22-20/h4-11,18,26H,3,12-16H2,1-2H3/t18-/m1/s1. The third-order valence-corrected chi connectivity index (χ3v) is 7.42. The van der Waals surface area contributed by atoms with Crippen LogP contribution < -0.4 is 4.90 Å². The molecule has 0 saturated carbocycles. The smallest absolute Gasteiger partial charge is 0.259 e. The number of carbonyl (C=O) groups is 1. The number of pyridine rings is 1. The number of hydrogen-bond acceptors (Lipinski definition) is 6. The second kappa shape index (κ2) is 9.65. The SMILES string of the molecule is CC[C@H](CO)N1CCN(S(=O)(=O)c2ccc(C(=O)N(C)c3ccccn3)cc2)CC1. The molecule has 30 heavy (non-hydrogen) atoms. The van der Waals surface area contributed by atoms with Crippen molar-refractivity contribution in [2.75, 3.05) is 44.7 Å². The van der Waals surface area contributed by atoms with E-state index < -0.39 is 10.0 Å². The van der Waals surface area contributed by atoms with Crippen LogP contribution in [-0.2, 0) is 10.0 Å². The number of nitrogens with zero attached hydrogens (tertiary/aromatic N) is 4. The van der Waals surface area contributed by atoms with Crippen molar-refractivity contribution >= 4 is 21.7 Å². The van der Waals surface area contributed by atoms with Gasteiger partial charge in [-0.25, -0.2) is 13.4 Å². The fraction of sp³-hybridized carbons (Fsp3) is 0.429. The molecule has 1 aliphatic heterocycles. The average molecular weight is 433 g/mol. The van der Waals surface area contributed by atoms with E-state index in [1.54, 1.807) is 31.4 Å². The minimum Gasteiger partial charge on any atom is -0.395 e. The minimum absolute atomic E-state index is 0.0660. The maximum Gasteiger partial charge on any atom is 0.259 e. The molecule has 0 unspecified atom stereocenters. The van der Waals surface area contributed by atoms with Crippen LogP contribution in [0.3, 0.4) is 0 Å². The van der Waals surface area contributed by atoms with E-state index in [0.717, 1.165) is 6.42 Å². The van der Waals surface area contributed by atoms with Crippen molar-refractivity contribution in [3.8, 4) is 0 Å². The summed E-state index contributed by atoms with van der Waals surface area (Å²) < 4.78 is 27.4. The van der Waals surface area contributed by atoms with Gasteiger partial charge in [0.2, 0.25) is 10.0 Å². The van der Waals surface area contributed by atoms with E-state index >= 15 is 0 Å². The Kier molecular flexibility index (Phi) is 7.19. The van der Waals surface area contributed by atoms with E-state index in [1.165, 1.54) is 33.5 Å². The van der Waals surface area contributed by atoms with Gasteiger partial charge >= 0.3 is 0 Å². The zero-order valence-electron chi connectivity index (χ0n) is 17.3. The average Bonchev–Trinajstić information content (AvgIpc) is 2.80. The summed E-state index contributed by atoms with van der Waals surface area (Å²) in [4.78, 5) is 20.5. The Labute approximate surface area is 177 Å². The van der Waals surface area contributed by atoms with Crippen molar-refractivity contribution in [1.29, 1.82) is 0 Å². The van der Waals surface area contributed by atoms with Gasteiger partial charge in [0.05, 0.1) is 11.5 Å². The molecule has 0 aliphatic carbocycles. The Balaban J connectivity index is 1.69. The summed E-state index contributed by atoms with van der Waals surface area (Å²) in [6.07, 6.45) is 2.43. The number of aliphatic hydroxyl groups excluding tert-OH is 1. The van der Waals surface area contributed by atoms with Gasteiger partial charge < -0.3 is 5.11 Å². The lowest BCUT2D eigenvalue weighted by Gasteiger charge is -2.37. The van der Waals surface area contributed by atoms with Gasteiger partial charge in [-0.15, -0.1) is 0 Å². The topological polar surface area (TPSA) is 94.0 Å². The summed E-state index contributed by atoms with van der Waals surface area (Å²) in [5.41, 5.74) is 0.389. The number of piperazine rings is 1. The summed E-state index contributed by atoms with van der Waals surface area (Å²) in [6.45, 7) is 4.02. The van der Waals surface area contributed by atoms with Gasteiger partial charge in [-0.1, -0.05) is 13.0 Å². The van der Waals surface area contributed by atoms with Gasteiger partial charge in [0, 0.05) is 51.0 Å². The first-order valence-electron chi connectivity index (χ1n) is 10.0. The fourth-order valence-corrected chi connectivity index (χ4v) is 5.00.